The lowest BCUT2D eigenvalue weighted by atomic mass is 10.2. The lowest BCUT2D eigenvalue weighted by molar-refractivity contribution is 0.300. The molecule has 1 fully saturated rings. The standard InChI is InChI=1S/C21H22ClN5O2/c1-15-11-23-7-9-26(15)20-5-4-18(13-25-20)27-8-6-19(10-21(27)28)29-14-17-3-2-16(22)12-24-17/h2-6,8,10,12-13,15,23H,7,9,11,14H2,1H3/t15-/m0/s1. The summed E-state index contributed by atoms with van der Waals surface area (Å²) in [5, 5.41) is 3.94. The van der Waals surface area contributed by atoms with Crippen LogP contribution in [0.3, 0.4) is 0 Å². The summed E-state index contributed by atoms with van der Waals surface area (Å²) in [4.78, 5) is 23.5. The fraction of sp³-hybridized carbons (Fsp3) is 0.286. The molecule has 0 aromatic carbocycles. The first kappa shape index (κ1) is 19.4. The number of pyridine rings is 3. The molecule has 1 saturated heterocycles. The first-order valence-corrected chi connectivity index (χ1v) is 9.88. The number of nitrogens with one attached hydrogen (secondary N) is 1. The van der Waals surface area contributed by atoms with Gasteiger partial charge in [-0.3, -0.25) is 14.3 Å². The Bertz CT molecular complexity index is 1020. The molecule has 0 spiro atoms. The third kappa shape index (κ3) is 4.58. The molecule has 1 N–H and O–H groups in total. The maximum Gasteiger partial charge on any atom is 0.258 e. The van der Waals surface area contributed by atoms with Gasteiger partial charge in [-0.05, 0) is 37.3 Å². The Morgan fingerprint density at radius 2 is 2.10 bits per heavy atom. The van der Waals surface area contributed by atoms with E-state index in [4.69, 9.17) is 16.3 Å². The molecule has 7 nitrogen and oxygen atoms in total. The summed E-state index contributed by atoms with van der Waals surface area (Å²) < 4.78 is 7.21. The molecule has 0 saturated carbocycles. The quantitative estimate of drug-likeness (QED) is 0.696. The molecule has 0 unspecified atom stereocenters. The van der Waals surface area contributed by atoms with Crippen LogP contribution < -0.4 is 20.5 Å². The van der Waals surface area contributed by atoms with Gasteiger partial charge in [-0.15, -0.1) is 0 Å². The van der Waals surface area contributed by atoms with Gasteiger partial charge in [0.15, 0.2) is 0 Å². The molecule has 1 aliphatic rings. The molecule has 0 radical (unpaired) electrons. The van der Waals surface area contributed by atoms with Crippen LogP contribution in [0.1, 0.15) is 12.6 Å². The number of rotatable bonds is 5. The van der Waals surface area contributed by atoms with Crippen molar-refractivity contribution in [2.45, 2.75) is 19.6 Å². The van der Waals surface area contributed by atoms with Crippen molar-refractivity contribution >= 4 is 17.4 Å². The molecule has 4 heterocycles. The minimum absolute atomic E-state index is 0.184. The monoisotopic (exact) mass is 411 g/mol. The van der Waals surface area contributed by atoms with Crippen LogP contribution in [0.5, 0.6) is 5.75 Å². The first-order chi connectivity index (χ1) is 14.1. The summed E-state index contributed by atoms with van der Waals surface area (Å²) in [5.74, 6) is 1.41. The van der Waals surface area contributed by atoms with E-state index in [1.54, 1.807) is 41.4 Å². The van der Waals surface area contributed by atoms with E-state index in [0.29, 0.717) is 22.5 Å². The molecule has 0 amide bonds. The van der Waals surface area contributed by atoms with Gasteiger partial charge >= 0.3 is 0 Å². The van der Waals surface area contributed by atoms with E-state index in [-0.39, 0.29) is 12.2 Å². The number of piperazine rings is 1. The fourth-order valence-electron chi connectivity index (χ4n) is 3.29. The Morgan fingerprint density at radius 1 is 1.21 bits per heavy atom. The summed E-state index contributed by atoms with van der Waals surface area (Å²) in [6.45, 7) is 5.24. The van der Waals surface area contributed by atoms with E-state index in [0.717, 1.165) is 31.1 Å². The maximum absolute atomic E-state index is 12.5. The number of hydrogen-bond acceptors (Lipinski definition) is 6. The molecule has 3 aromatic heterocycles. The molecular formula is C21H22ClN5O2. The van der Waals surface area contributed by atoms with Crippen molar-refractivity contribution < 1.29 is 4.74 Å². The van der Waals surface area contributed by atoms with Crippen LogP contribution in [0.15, 0.2) is 59.8 Å². The zero-order chi connectivity index (χ0) is 20.2. The number of halogens is 1. The second-order valence-corrected chi connectivity index (χ2v) is 7.38. The highest BCUT2D eigenvalue weighted by molar-refractivity contribution is 6.30. The van der Waals surface area contributed by atoms with Gasteiger partial charge in [0.1, 0.15) is 18.2 Å². The van der Waals surface area contributed by atoms with E-state index in [1.165, 1.54) is 6.07 Å². The highest BCUT2D eigenvalue weighted by Gasteiger charge is 2.19. The normalized spacial score (nSPS) is 16.6. The van der Waals surface area contributed by atoms with Gasteiger partial charge in [0.05, 0.1) is 22.6 Å². The van der Waals surface area contributed by atoms with Gasteiger partial charge in [0, 0.05) is 44.1 Å². The molecule has 1 atom stereocenters. The Labute approximate surface area is 173 Å². The van der Waals surface area contributed by atoms with Gasteiger partial charge < -0.3 is 15.0 Å². The van der Waals surface area contributed by atoms with E-state index in [2.05, 4.69) is 27.1 Å². The average molecular weight is 412 g/mol. The van der Waals surface area contributed by atoms with Crippen LogP contribution in [0.25, 0.3) is 5.69 Å². The predicted molar refractivity (Wildman–Crippen MR) is 113 cm³/mol. The van der Waals surface area contributed by atoms with Crippen molar-refractivity contribution in [2.75, 3.05) is 24.5 Å². The number of aromatic nitrogens is 3. The molecule has 0 bridgehead atoms. The van der Waals surface area contributed by atoms with Crippen molar-refractivity contribution in [3.8, 4) is 11.4 Å². The Hall–Kier alpha value is -2.90. The maximum atomic E-state index is 12.5. The van der Waals surface area contributed by atoms with Gasteiger partial charge in [0.25, 0.3) is 5.56 Å². The van der Waals surface area contributed by atoms with Crippen molar-refractivity contribution in [1.82, 2.24) is 19.9 Å². The number of nitrogens with zero attached hydrogens (tertiary/aromatic N) is 4. The third-order valence-corrected chi connectivity index (χ3v) is 5.10. The van der Waals surface area contributed by atoms with E-state index in [1.807, 2.05) is 12.1 Å². The fourth-order valence-corrected chi connectivity index (χ4v) is 3.40. The molecule has 0 aliphatic carbocycles. The van der Waals surface area contributed by atoms with Gasteiger partial charge in [-0.25, -0.2) is 4.98 Å². The lowest BCUT2D eigenvalue weighted by Crippen LogP contribution is -2.50. The van der Waals surface area contributed by atoms with Crippen LogP contribution in [0.2, 0.25) is 5.02 Å². The molecular weight excluding hydrogens is 390 g/mol. The number of hydrogen-bond donors (Lipinski definition) is 1. The predicted octanol–water partition coefficient (Wildman–Crippen LogP) is 2.66. The average Bonchev–Trinajstić information content (AvgIpc) is 2.74. The largest absolute Gasteiger partial charge is 0.487 e. The number of anilines is 1. The Balaban J connectivity index is 1.46. The van der Waals surface area contributed by atoms with Gasteiger partial charge in [-0.1, -0.05) is 11.6 Å². The van der Waals surface area contributed by atoms with Crippen LogP contribution >= 0.6 is 11.6 Å². The Kier molecular flexibility index (Phi) is 5.78. The highest BCUT2D eigenvalue weighted by atomic mass is 35.5. The molecule has 8 heteroatoms. The van der Waals surface area contributed by atoms with Gasteiger partial charge in [0.2, 0.25) is 0 Å². The second kappa shape index (κ2) is 8.63. The van der Waals surface area contributed by atoms with Crippen molar-refractivity contribution in [1.29, 1.82) is 0 Å². The summed E-state index contributed by atoms with van der Waals surface area (Å²) in [6, 6.07) is 11.0. The lowest BCUT2D eigenvalue weighted by Gasteiger charge is -2.34. The van der Waals surface area contributed by atoms with Crippen LogP contribution in [-0.2, 0) is 6.61 Å². The third-order valence-electron chi connectivity index (χ3n) is 4.87. The molecule has 29 heavy (non-hydrogen) atoms. The van der Waals surface area contributed by atoms with Crippen molar-refractivity contribution in [2.24, 2.45) is 0 Å². The van der Waals surface area contributed by atoms with Crippen LogP contribution in [-0.4, -0.2) is 40.2 Å². The minimum Gasteiger partial charge on any atom is -0.487 e. The Morgan fingerprint density at radius 3 is 2.79 bits per heavy atom. The zero-order valence-corrected chi connectivity index (χ0v) is 16.8. The zero-order valence-electron chi connectivity index (χ0n) is 16.1. The van der Waals surface area contributed by atoms with E-state index < -0.39 is 0 Å². The number of ether oxygens (including phenoxy) is 1. The molecule has 1 aliphatic heterocycles. The SMILES string of the molecule is C[C@H]1CNCCN1c1ccc(-n2ccc(OCc3ccc(Cl)cn3)cc2=O)cn1. The van der Waals surface area contributed by atoms with E-state index >= 15 is 0 Å². The van der Waals surface area contributed by atoms with Crippen LogP contribution in [0.4, 0.5) is 5.82 Å². The highest BCUT2D eigenvalue weighted by Crippen LogP contribution is 2.18. The molecule has 150 valence electrons. The molecule has 3 aromatic rings. The van der Waals surface area contributed by atoms with Gasteiger partial charge in [-0.2, -0.15) is 0 Å². The van der Waals surface area contributed by atoms with Crippen molar-refractivity contribution in [3.05, 3.63) is 76.1 Å². The smallest absolute Gasteiger partial charge is 0.258 e. The summed E-state index contributed by atoms with van der Waals surface area (Å²) in [5.41, 5.74) is 1.27. The first-order valence-electron chi connectivity index (χ1n) is 9.50. The van der Waals surface area contributed by atoms with Crippen LogP contribution in [0, 0.1) is 0 Å². The minimum atomic E-state index is -0.184. The molecule has 4 rings (SSSR count). The topological polar surface area (TPSA) is 72.3 Å². The second-order valence-electron chi connectivity index (χ2n) is 6.95. The summed E-state index contributed by atoms with van der Waals surface area (Å²) in [6.07, 6.45) is 4.98. The van der Waals surface area contributed by atoms with Crippen molar-refractivity contribution in [3.63, 3.8) is 0 Å². The summed E-state index contributed by atoms with van der Waals surface area (Å²) >= 11 is 5.83. The van der Waals surface area contributed by atoms with E-state index in [9.17, 15) is 4.79 Å². The summed E-state index contributed by atoms with van der Waals surface area (Å²) in [7, 11) is 0.